The van der Waals surface area contributed by atoms with Crippen molar-refractivity contribution < 1.29 is 4.79 Å². The van der Waals surface area contributed by atoms with Crippen molar-refractivity contribution in [3.05, 3.63) is 21.1 Å². The fourth-order valence-corrected chi connectivity index (χ4v) is 4.25. The minimum absolute atomic E-state index is 0.143. The van der Waals surface area contributed by atoms with Crippen LogP contribution < -0.4 is 5.32 Å². The highest BCUT2D eigenvalue weighted by Crippen LogP contribution is 2.28. The molecule has 0 unspecified atom stereocenters. The summed E-state index contributed by atoms with van der Waals surface area (Å²) in [6.07, 6.45) is 7.60. The number of carbonyl (C=O) groups is 1. The fraction of sp³-hybridized carbons (Fsp3) is 0.571. The van der Waals surface area contributed by atoms with Crippen LogP contribution in [-0.2, 0) is 6.42 Å². The lowest BCUT2D eigenvalue weighted by atomic mass is 9.87. The molecule has 1 amide bonds. The highest BCUT2D eigenvalue weighted by atomic mass is 32.1. The molecule has 2 heterocycles. The van der Waals surface area contributed by atoms with Gasteiger partial charge in [-0.3, -0.25) is 10.1 Å². The van der Waals surface area contributed by atoms with E-state index in [9.17, 15) is 4.79 Å². The predicted molar refractivity (Wildman–Crippen MR) is 85.0 cm³/mol. The monoisotopic (exact) mass is 322 g/mol. The van der Waals surface area contributed by atoms with Crippen LogP contribution >= 0.6 is 22.7 Å². The lowest BCUT2D eigenvalue weighted by molar-refractivity contribution is 0.102. The molecule has 0 radical (unpaired) electrons. The van der Waals surface area contributed by atoms with Crippen LogP contribution in [0.5, 0.6) is 0 Å². The average molecular weight is 322 g/mol. The molecule has 112 valence electrons. The summed E-state index contributed by atoms with van der Waals surface area (Å²) in [5.41, 5.74) is 2.43. The van der Waals surface area contributed by atoms with Crippen molar-refractivity contribution in [1.82, 2.24) is 15.2 Å². The Kier molecular flexibility index (Phi) is 4.60. The van der Waals surface area contributed by atoms with Crippen LogP contribution in [0.2, 0.25) is 0 Å². The van der Waals surface area contributed by atoms with E-state index in [0.29, 0.717) is 10.0 Å². The Balaban J connectivity index is 1.60. The Bertz CT molecular complexity index is 616. The van der Waals surface area contributed by atoms with Gasteiger partial charge < -0.3 is 0 Å². The zero-order valence-corrected chi connectivity index (χ0v) is 13.6. The second-order valence-corrected chi connectivity index (χ2v) is 7.35. The Labute approximate surface area is 131 Å². The molecule has 21 heavy (non-hydrogen) atoms. The summed E-state index contributed by atoms with van der Waals surface area (Å²) in [5, 5.41) is 12.7. The lowest BCUT2D eigenvalue weighted by Gasteiger charge is -2.19. The first-order valence-electron chi connectivity index (χ1n) is 7.26. The van der Waals surface area contributed by atoms with Crippen LogP contribution in [0.3, 0.4) is 0 Å². The van der Waals surface area contributed by atoms with Crippen LogP contribution in [0.25, 0.3) is 0 Å². The van der Waals surface area contributed by atoms with E-state index >= 15 is 0 Å². The summed E-state index contributed by atoms with van der Waals surface area (Å²) < 4.78 is 0. The quantitative estimate of drug-likeness (QED) is 0.932. The average Bonchev–Trinajstić information content (AvgIpc) is 3.09. The third-order valence-electron chi connectivity index (χ3n) is 3.83. The number of nitrogens with zero attached hydrogens (tertiary/aromatic N) is 3. The van der Waals surface area contributed by atoms with E-state index in [1.54, 1.807) is 5.51 Å². The molecule has 2 aromatic rings. The molecule has 1 N–H and O–H groups in total. The van der Waals surface area contributed by atoms with E-state index in [1.807, 2.05) is 6.92 Å². The number of nitrogens with one attached hydrogen (secondary N) is 1. The number of rotatable bonds is 4. The molecule has 1 saturated carbocycles. The van der Waals surface area contributed by atoms with E-state index in [0.717, 1.165) is 23.0 Å². The van der Waals surface area contributed by atoms with E-state index in [1.165, 1.54) is 54.8 Å². The molecular weight excluding hydrogens is 304 g/mol. The second-order valence-electron chi connectivity index (χ2n) is 5.43. The summed E-state index contributed by atoms with van der Waals surface area (Å²) in [4.78, 5) is 16.8. The minimum atomic E-state index is -0.143. The van der Waals surface area contributed by atoms with E-state index in [2.05, 4.69) is 20.5 Å². The number of anilines is 1. The maximum absolute atomic E-state index is 12.1. The molecule has 0 saturated heterocycles. The number of amides is 1. The molecule has 0 aliphatic heterocycles. The molecule has 7 heteroatoms. The summed E-state index contributed by atoms with van der Waals surface area (Å²) in [6.45, 7) is 1.83. The molecule has 5 nitrogen and oxygen atoms in total. The van der Waals surface area contributed by atoms with E-state index in [-0.39, 0.29) is 5.91 Å². The highest BCUT2D eigenvalue weighted by Gasteiger charge is 2.18. The van der Waals surface area contributed by atoms with E-state index < -0.39 is 0 Å². The van der Waals surface area contributed by atoms with Gasteiger partial charge in [0.05, 0.1) is 11.2 Å². The molecule has 2 aromatic heterocycles. The number of hydrogen-bond acceptors (Lipinski definition) is 6. The van der Waals surface area contributed by atoms with Crippen molar-refractivity contribution in [3.63, 3.8) is 0 Å². The van der Waals surface area contributed by atoms with Gasteiger partial charge in [0.1, 0.15) is 9.88 Å². The second kappa shape index (κ2) is 6.62. The van der Waals surface area contributed by atoms with Crippen molar-refractivity contribution in [2.24, 2.45) is 5.92 Å². The zero-order valence-electron chi connectivity index (χ0n) is 12.0. The summed E-state index contributed by atoms with van der Waals surface area (Å²) >= 11 is 2.83. The van der Waals surface area contributed by atoms with Crippen molar-refractivity contribution >= 4 is 33.7 Å². The SMILES string of the molecule is Cc1ncsc1C(=O)Nc1nnc(CC2CCCCC2)s1. The largest absolute Gasteiger partial charge is 0.296 e. The lowest BCUT2D eigenvalue weighted by Crippen LogP contribution is -2.11. The van der Waals surface area contributed by atoms with E-state index in [4.69, 9.17) is 0 Å². The maximum Gasteiger partial charge on any atom is 0.269 e. The van der Waals surface area contributed by atoms with Gasteiger partial charge >= 0.3 is 0 Å². The number of aromatic nitrogens is 3. The van der Waals surface area contributed by atoms with Gasteiger partial charge in [0.2, 0.25) is 5.13 Å². The topological polar surface area (TPSA) is 67.8 Å². The minimum Gasteiger partial charge on any atom is -0.296 e. The summed E-state index contributed by atoms with van der Waals surface area (Å²) in [5.74, 6) is 0.592. The number of carbonyl (C=O) groups excluding carboxylic acids is 1. The fourth-order valence-electron chi connectivity index (χ4n) is 2.70. The van der Waals surface area contributed by atoms with Crippen LogP contribution in [0.15, 0.2) is 5.51 Å². The van der Waals surface area contributed by atoms with Gasteiger partial charge in [0, 0.05) is 6.42 Å². The van der Waals surface area contributed by atoms with Gasteiger partial charge in [-0.25, -0.2) is 4.98 Å². The van der Waals surface area contributed by atoms with Crippen molar-refractivity contribution in [2.75, 3.05) is 5.32 Å². The smallest absolute Gasteiger partial charge is 0.269 e. The Morgan fingerprint density at radius 1 is 1.33 bits per heavy atom. The van der Waals surface area contributed by atoms with Crippen molar-refractivity contribution in [1.29, 1.82) is 0 Å². The van der Waals surface area contributed by atoms with Gasteiger partial charge in [-0.1, -0.05) is 43.4 Å². The van der Waals surface area contributed by atoms with Gasteiger partial charge in [-0.2, -0.15) is 0 Å². The van der Waals surface area contributed by atoms with Crippen LogP contribution in [0.4, 0.5) is 5.13 Å². The molecule has 0 aromatic carbocycles. The maximum atomic E-state index is 12.1. The van der Waals surface area contributed by atoms with Gasteiger partial charge in [0.25, 0.3) is 5.91 Å². The normalized spacial score (nSPS) is 16.0. The predicted octanol–water partition coefficient (Wildman–Crippen LogP) is 3.68. The molecule has 0 spiro atoms. The number of thiazole rings is 1. The Morgan fingerprint density at radius 2 is 2.14 bits per heavy atom. The third-order valence-corrected chi connectivity index (χ3v) is 5.62. The highest BCUT2D eigenvalue weighted by molar-refractivity contribution is 7.15. The first kappa shape index (κ1) is 14.6. The van der Waals surface area contributed by atoms with Gasteiger partial charge in [-0.05, 0) is 12.8 Å². The van der Waals surface area contributed by atoms with Crippen LogP contribution in [0, 0.1) is 12.8 Å². The van der Waals surface area contributed by atoms with Crippen molar-refractivity contribution in [3.8, 4) is 0 Å². The molecule has 3 rings (SSSR count). The summed E-state index contributed by atoms with van der Waals surface area (Å²) in [7, 11) is 0. The molecule has 1 fully saturated rings. The number of hydrogen-bond donors (Lipinski definition) is 1. The summed E-state index contributed by atoms with van der Waals surface area (Å²) in [6, 6.07) is 0. The van der Waals surface area contributed by atoms with Gasteiger partial charge in [-0.15, -0.1) is 21.5 Å². The first-order chi connectivity index (χ1) is 10.2. The zero-order chi connectivity index (χ0) is 14.7. The Morgan fingerprint density at radius 3 is 2.86 bits per heavy atom. The number of aryl methyl sites for hydroxylation is 1. The standard InChI is InChI=1S/C14H18N4OS2/c1-9-12(20-8-15-9)13(19)16-14-18-17-11(21-14)7-10-5-3-2-4-6-10/h8,10H,2-7H2,1H3,(H,16,18,19). The third kappa shape index (κ3) is 3.65. The first-order valence-corrected chi connectivity index (χ1v) is 8.96. The molecule has 0 bridgehead atoms. The van der Waals surface area contributed by atoms with Crippen LogP contribution in [-0.4, -0.2) is 21.1 Å². The molecule has 1 aliphatic carbocycles. The van der Waals surface area contributed by atoms with Crippen LogP contribution in [0.1, 0.15) is 52.5 Å². The molecule has 0 atom stereocenters. The van der Waals surface area contributed by atoms with Crippen molar-refractivity contribution in [2.45, 2.75) is 45.4 Å². The Hall–Kier alpha value is -1.34. The van der Waals surface area contributed by atoms with Gasteiger partial charge in [0.15, 0.2) is 0 Å². The molecule has 1 aliphatic rings. The molecular formula is C14H18N4OS2.